The van der Waals surface area contributed by atoms with Crippen LogP contribution in [0.2, 0.25) is 0 Å². The Balaban J connectivity index is 2.22. The zero-order chi connectivity index (χ0) is 13.8. The molecule has 1 aliphatic rings. The van der Waals surface area contributed by atoms with E-state index in [9.17, 15) is 10.2 Å². The second-order valence-corrected chi connectivity index (χ2v) is 7.19. The molecule has 0 radical (unpaired) electrons. The summed E-state index contributed by atoms with van der Waals surface area (Å²) in [5.74, 6) is 1.51. The zero-order valence-corrected chi connectivity index (χ0v) is 12.5. The summed E-state index contributed by atoms with van der Waals surface area (Å²) < 4.78 is 10.7. The quantitative estimate of drug-likeness (QED) is 0.866. The van der Waals surface area contributed by atoms with Crippen LogP contribution in [0.1, 0.15) is 10.1 Å². The van der Waals surface area contributed by atoms with Gasteiger partial charge in [0.1, 0.15) is 11.5 Å². The van der Waals surface area contributed by atoms with Crippen molar-refractivity contribution in [3.8, 4) is 11.5 Å². The molecule has 1 saturated heterocycles. The number of ether oxygens (including phenoxy) is 2. The molecule has 6 heteroatoms. The molecule has 1 aliphatic heterocycles. The topological polar surface area (TPSA) is 58.9 Å². The second-order valence-electron chi connectivity index (χ2n) is 4.19. The van der Waals surface area contributed by atoms with Gasteiger partial charge in [-0.25, -0.2) is 0 Å². The molecule has 0 spiro atoms. The molecule has 19 heavy (non-hydrogen) atoms. The number of aliphatic hydroxyl groups excluding tert-OH is 2. The first-order chi connectivity index (χ1) is 9.21. The lowest BCUT2D eigenvalue weighted by Crippen LogP contribution is -2.22. The van der Waals surface area contributed by atoms with Gasteiger partial charge < -0.3 is 19.7 Å². The molecule has 2 rings (SSSR count). The van der Waals surface area contributed by atoms with E-state index in [0.717, 1.165) is 17.1 Å². The zero-order valence-electron chi connectivity index (χ0n) is 10.9. The molecule has 1 heterocycles. The van der Waals surface area contributed by atoms with Crippen LogP contribution in [0.15, 0.2) is 18.2 Å². The minimum absolute atomic E-state index is 0.0668. The number of thioether (sulfide) groups is 2. The van der Waals surface area contributed by atoms with Crippen molar-refractivity contribution >= 4 is 23.5 Å². The van der Waals surface area contributed by atoms with Gasteiger partial charge in [-0.3, -0.25) is 0 Å². The Morgan fingerprint density at radius 2 is 1.42 bits per heavy atom. The number of rotatable bonds is 5. The molecule has 0 aromatic heterocycles. The van der Waals surface area contributed by atoms with Crippen molar-refractivity contribution in [3.05, 3.63) is 23.8 Å². The fraction of sp³-hybridized carbons (Fsp3) is 0.538. The van der Waals surface area contributed by atoms with Crippen molar-refractivity contribution in [2.75, 3.05) is 27.4 Å². The van der Waals surface area contributed by atoms with Crippen molar-refractivity contribution in [2.24, 2.45) is 0 Å². The number of methoxy groups -OCH3 is 2. The molecule has 2 N–H and O–H groups in total. The van der Waals surface area contributed by atoms with Gasteiger partial charge in [0.05, 0.1) is 32.0 Å². The van der Waals surface area contributed by atoms with Crippen LogP contribution in [0.5, 0.6) is 11.5 Å². The van der Waals surface area contributed by atoms with E-state index in [1.54, 1.807) is 37.7 Å². The van der Waals surface area contributed by atoms with Gasteiger partial charge in [-0.1, -0.05) is 0 Å². The largest absolute Gasteiger partial charge is 0.497 e. The summed E-state index contributed by atoms with van der Waals surface area (Å²) in [5.41, 5.74) is 1.08. The smallest absolute Gasteiger partial charge is 0.122 e. The Morgan fingerprint density at radius 3 is 1.79 bits per heavy atom. The third-order valence-electron chi connectivity index (χ3n) is 3.02. The van der Waals surface area contributed by atoms with Crippen molar-refractivity contribution < 1.29 is 19.7 Å². The van der Waals surface area contributed by atoms with Crippen LogP contribution in [0.25, 0.3) is 0 Å². The van der Waals surface area contributed by atoms with Gasteiger partial charge in [0.25, 0.3) is 0 Å². The molecule has 0 bridgehead atoms. The minimum Gasteiger partial charge on any atom is -0.497 e. The molecule has 1 aromatic carbocycles. The van der Waals surface area contributed by atoms with Crippen molar-refractivity contribution in [3.63, 3.8) is 0 Å². The first-order valence-electron chi connectivity index (χ1n) is 5.97. The molecule has 4 nitrogen and oxygen atoms in total. The molecule has 0 aliphatic carbocycles. The fourth-order valence-electron chi connectivity index (χ4n) is 1.97. The van der Waals surface area contributed by atoms with Gasteiger partial charge >= 0.3 is 0 Å². The van der Waals surface area contributed by atoms with Gasteiger partial charge in [0.15, 0.2) is 0 Å². The Bertz CT molecular complexity index is 393. The Kier molecular flexibility index (Phi) is 5.27. The van der Waals surface area contributed by atoms with Gasteiger partial charge in [-0.05, 0) is 17.7 Å². The van der Waals surface area contributed by atoms with E-state index >= 15 is 0 Å². The van der Waals surface area contributed by atoms with Gasteiger partial charge in [0, 0.05) is 16.6 Å². The monoisotopic (exact) mass is 302 g/mol. The highest BCUT2D eigenvalue weighted by Gasteiger charge is 2.35. The highest BCUT2D eigenvalue weighted by Crippen LogP contribution is 2.54. The summed E-state index contributed by atoms with van der Waals surface area (Å²) in [5, 5.41) is 18.8. The lowest BCUT2D eigenvalue weighted by molar-refractivity contribution is 0.254. The van der Waals surface area contributed by atoms with E-state index in [1.807, 2.05) is 18.2 Å². The Labute approximate surface area is 121 Å². The lowest BCUT2D eigenvalue weighted by atomic mass is 10.2. The highest BCUT2D eigenvalue weighted by atomic mass is 32.2. The van der Waals surface area contributed by atoms with Crippen LogP contribution in [0.3, 0.4) is 0 Å². The molecule has 0 saturated carbocycles. The van der Waals surface area contributed by atoms with E-state index in [1.165, 1.54) is 0 Å². The SMILES string of the molecule is COc1cc(OC)cc(C2SC(CO)C(CO)S2)c1. The van der Waals surface area contributed by atoms with Gasteiger partial charge in [-0.15, -0.1) is 23.5 Å². The van der Waals surface area contributed by atoms with Crippen LogP contribution >= 0.6 is 23.5 Å². The summed E-state index contributed by atoms with van der Waals surface area (Å²) in [7, 11) is 3.25. The van der Waals surface area contributed by atoms with Crippen LogP contribution in [-0.4, -0.2) is 48.1 Å². The Hall–Kier alpha value is -0.560. The minimum atomic E-state index is 0.0668. The standard InChI is InChI=1S/C13H18O4S2/c1-16-9-3-8(4-10(5-9)17-2)13-18-11(6-14)12(7-15)19-13/h3-5,11-15H,6-7H2,1-2H3. The maximum absolute atomic E-state index is 9.34. The third-order valence-corrected chi connectivity index (χ3v) is 6.55. The predicted octanol–water partition coefficient (Wildman–Crippen LogP) is 1.90. The first kappa shape index (κ1) is 14.8. The van der Waals surface area contributed by atoms with E-state index in [0.29, 0.717) is 0 Å². The van der Waals surface area contributed by atoms with Crippen molar-refractivity contribution in [2.45, 2.75) is 15.1 Å². The van der Waals surface area contributed by atoms with E-state index in [2.05, 4.69) is 0 Å². The summed E-state index contributed by atoms with van der Waals surface area (Å²) >= 11 is 3.35. The highest BCUT2D eigenvalue weighted by molar-refractivity contribution is 8.20. The molecule has 0 amide bonds. The Morgan fingerprint density at radius 1 is 0.947 bits per heavy atom. The lowest BCUT2D eigenvalue weighted by Gasteiger charge is -2.13. The molecule has 1 fully saturated rings. The summed E-state index contributed by atoms with van der Waals surface area (Å²) in [6, 6.07) is 5.78. The average molecular weight is 302 g/mol. The molecule has 2 unspecified atom stereocenters. The molecule has 2 atom stereocenters. The first-order valence-corrected chi connectivity index (χ1v) is 7.86. The number of aliphatic hydroxyl groups is 2. The maximum Gasteiger partial charge on any atom is 0.122 e. The number of benzene rings is 1. The fourth-order valence-corrected chi connectivity index (χ4v) is 5.38. The molecule has 1 aromatic rings. The van der Waals surface area contributed by atoms with Crippen LogP contribution in [0.4, 0.5) is 0 Å². The normalized spacial score (nSPS) is 26.4. The van der Waals surface area contributed by atoms with Crippen LogP contribution in [-0.2, 0) is 0 Å². The van der Waals surface area contributed by atoms with E-state index < -0.39 is 0 Å². The third kappa shape index (κ3) is 3.31. The molecular weight excluding hydrogens is 284 g/mol. The van der Waals surface area contributed by atoms with Crippen molar-refractivity contribution in [1.29, 1.82) is 0 Å². The summed E-state index contributed by atoms with van der Waals surface area (Å²) in [4.78, 5) is 0. The van der Waals surface area contributed by atoms with Crippen LogP contribution < -0.4 is 9.47 Å². The summed E-state index contributed by atoms with van der Waals surface area (Å²) in [6.07, 6.45) is 0. The second kappa shape index (κ2) is 6.74. The number of hydrogen-bond acceptors (Lipinski definition) is 6. The van der Waals surface area contributed by atoms with Gasteiger partial charge in [-0.2, -0.15) is 0 Å². The van der Waals surface area contributed by atoms with E-state index in [-0.39, 0.29) is 28.3 Å². The number of hydrogen-bond donors (Lipinski definition) is 2. The molecular formula is C13H18O4S2. The van der Waals surface area contributed by atoms with Crippen LogP contribution in [0, 0.1) is 0 Å². The summed E-state index contributed by atoms with van der Waals surface area (Å²) in [6.45, 7) is 0.168. The van der Waals surface area contributed by atoms with E-state index in [4.69, 9.17) is 9.47 Å². The molecule has 106 valence electrons. The average Bonchev–Trinajstić information content (AvgIpc) is 2.89. The van der Waals surface area contributed by atoms with Crippen molar-refractivity contribution in [1.82, 2.24) is 0 Å². The predicted molar refractivity (Wildman–Crippen MR) is 79.2 cm³/mol. The van der Waals surface area contributed by atoms with Gasteiger partial charge in [0.2, 0.25) is 0 Å². The maximum atomic E-state index is 9.34.